The monoisotopic (exact) mass is 307 g/mol. The summed E-state index contributed by atoms with van der Waals surface area (Å²) in [7, 11) is 0. The summed E-state index contributed by atoms with van der Waals surface area (Å²) in [5, 5.41) is 19.6. The number of rotatable bonds is 4. The Labute approximate surface area is 123 Å². The maximum atomic E-state index is 13.7. The molecule has 0 aliphatic heterocycles. The quantitative estimate of drug-likeness (QED) is 0.684. The van der Waals surface area contributed by atoms with Crippen molar-refractivity contribution >= 4 is 23.4 Å². The lowest BCUT2D eigenvalue weighted by Crippen LogP contribution is -1.97. The third kappa shape index (κ3) is 3.38. The van der Waals surface area contributed by atoms with Crippen molar-refractivity contribution in [3.05, 3.63) is 63.5 Å². The Kier molecular flexibility index (Phi) is 4.23. The van der Waals surface area contributed by atoms with Crippen LogP contribution in [-0.2, 0) is 0 Å². The van der Waals surface area contributed by atoms with Gasteiger partial charge in [0.2, 0.25) is 0 Å². The van der Waals surface area contributed by atoms with Crippen LogP contribution in [0.15, 0.2) is 46.2 Å². The molecule has 2 aromatic carbocycles. The minimum absolute atomic E-state index is 0.0153. The molecule has 0 atom stereocenters. The van der Waals surface area contributed by atoms with Crippen molar-refractivity contribution in [2.45, 2.75) is 16.7 Å². The molecular weight excluding hydrogens is 297 g/mol. The second kappa shape index (κ2) is 5.92. The Balaban J connectivity index is 2.36. The summed E-state index contributed by atoms with van der Waals surface area (Å²) in [5.41, 5.74) is 0.560. The van der Waals surface area contributed by atoms with Gasteiger partial charge in [0.05, 0.1) is 10.5 Å². The van der Waals surface area contributed by atoms with Gasteiger partial charge in [-0.1, -0.05) is 11.8 Å². The number of nitrogens with zero attached hydrogens (tertiary/aromatic N) is 1. The van der Waals surface area contributed by atoms with Crippen molar-refractivity contribution in [2.75, 3.05) is 0 Å². The fraction of sp³-hybridized carbons (Fsp3) is 0.0714. The topological polar surface area (TPSA) is 80.4 Å². The lowest BCUT2D eigenvalue weighted by atomic mass is 10.2. The van der Waals surface area contributed by atoms with Crippen molar-refractivity contribution in [2.24, 2.45) is 0 Å². The fourth-order valence-electron chi connectivity index (χ4n) is 1.69. The molecule has 2 aromatic rings. The van der Waals surface area contributed by atoms with Gasteiger partial charge >= 0.3 is 5.97 Å². The van der Waals surface area contributed by atoms with Crippen LogP contribution in [0.3, 0.4) is 0 Å². The molecule has 2 rings (SSSR count). The summed E-state index contributed by atoms with van der Waals surface area (Å²) in [6.45, 7) is 1.67. The molecule has 0 aliphatic carbocycles. The lowest BCUT2D eigenvalue weighted by Gasteiger charge is -2.07. The number of carboxylic acids is 1. The molecular formula is C14H10FNO4S. The van der Waals surface area contributed by atoms with Gasteiger partial charge in [0.1, 0.15) is 5.82 Å². The van der Waals surface area contributed by atoms with Gasteiger partial charge in [0, 0.05) is 21.9 Å². The molecule has 0 bridgehead atoms. The van der Waals surface area contributed by atoms with Gasteiger partial charge in [-0.2, -0.15) is 0 Å². The molecule has 0 heterocycles. The number of nitro benzene ring substituents is 1. The molecule has 0 spiro atoms. The molecule has 0 amide bonds. The summed E-state index contributed by atoms with van der Waals surface area (Å²) in [6, 6.07) is 7.75. The Hall–Kier alpha value is -2.41. The maximum absolute atomic E-state index is 13.7. The predicted octanol–water partition coefficient (Wildman–Crippen LogP) is 3.89. The summed E-state index contributed by atoms with van der Waals surface area (Å²) >= 11 is 1.03. The maximum Gasteiger partial charge on any atom is 0.335 e. The number of carboxylic acid groups (broad SMARTS) is 1. The molecule has 0 saturated carbocycles. The molecule has 21 heavy (non-hydrogen) atoms. The van der Waals surface area contributed by atoms with Crippen molar-refractivity contribution < 1.29 is 19.2 Å². The van der Waals surface area contributed by atoms with Crippen molar-refractivity contribution in [3.8, 4) is 0 Å². The van der Waals surface area contributed by atoms with E-state index < -0.39 is 16.7 Å². The van der Waals surface area contributed by atoms with Gasteiger partial charge < -0.3 is 5.11 Å². The predicted molar refractivity (Wildman–Crippen MR) is 75.3 cm³/mol. The molecule has 5 nitrogen and oxygen atoms in total. The van der Waals surface area contributed by atoms with Crippen LogP contribution in [0.2, 0.25) is 0 Å². The number of non-ortho nitro benzene ring substituents is 1. The highest BCUT2D eigenvalue weighted by atomic mass is 32.2. The Morgan fingerprint density at radius 3 is 2.52 bits per heavy atom. The van der Waals surface area contributed by atoms with Crippen LogP contribution < -0.4 is 0 Å². The number of carbonyl (C=O) groups is 1. The minimum Gasteiger partial charge on any atom is -0.478 e. The number of aryl methyl sites for hydroxylation is 1. The number of nitro groups is 1. The highest BCUT2D eigenvalue weighted by Crippen LogP contribution is 2.34. The van der Waals surface area contributed by atoms with Crippen LogP contribution in [0.4, 0.5) is 10.1 Å². The lowest BCUT2D eigenvalue weighted by molar-refractivity contribution is -0.385. The third-order valence-electron chi connectivity index (χ3n) is 2.77. The number of halogens is 1. The summed E-state index contributed by atoms with van der Waals surface area (Å²) in [6.07, 6.45) is 0. The zero-order valence-electron chi connectivity index (χ0n) is 10.9. The van der Waals surface area contributed by atoms with Gasteiger partial charge in [-0.25, -0.2) is 9.18 Å². The van der Waals surface area contributed by atoms with Crippen LogP contribution in [0.5, 0.6) is 0 Å². The van der Waals surface area contributed by atoms with E-state index >= 15 is 0 Å². The smallest absolute Gasteiger partial charge is 0.335 e. The molecule has 108 valence electrons. The first kappa shape index (κ1) is 15.0. The van der Waals surface area contributed by atoms with Crippen molar-refractivity contribution in [3.63, 3.8) is 0 Å². The molecule has 0 aliphatic rings. The molecule has 0 unspecified atom stereocenters. The molecule has 7 heteroatoms. The third-order valence-corrected chi connectivity index (χ3v) is 3.98. The van der Waals surface area contributed by atoms with Crippen LogP contribution in [0.1, 0.15) is 15.9 Å². The number of hydrogen-bond acceptors (Lipinski definition) is 4. The Morgan fingerprint density at radius 1 is 1.24 bits per heavy atom. The van der Waals surface area contributed by atoms with E-state index in [-0.39, 0.29) is 16.1 Å². The zero-order valence-corrected chi connectivity index (χ0v) is 11.7. The Bertz CT molecular complexity index is 733. The Morgan fingerprint density at radius 2 is 1.95 bits per heavy atom. The first-order valence-electron chi connectivity index (χ1n) is 5.84. The van der Waals surface area contributed by atoms with E-state index in [0.29, 0.717) is 10.5 Å². The molecule has 0 radical (unpaired) electrons. The first-order chi connectivity index (χ1) is 9.88. The van der Waals surface area contributed by atoms with Crippen LogP contribution in [0, 0.1) is 22.9 Å². The van der Waals surface area contributed by atoms with Gasteiger partial charge in [0.15, 0.2) is 0 Å². The van der Waals surface area contributed by atoms with E-state index in [9.17, 15) is 19.3 Å². The van der Waals surface area contributed by atoms with E-state index in [4.69, 9.17) is 5.11 Å². The van der Waals surface area contributed by atoms with E-state index in [1.54, 1.807) is 6.92 Å². The van der Waals surface area contributed by atoms with Gasteiger partial charge in [-0.15, -0.1) is 0 Å². The average molecular weight is 307 g/mol. The van der Waals surface area contributed by atoms with Gasteiger partial charge in [0.25, 0.3) is 5.69 Å². The van der Waals surface area contributed by atoms with Crippen LogP contribution >= 0.6 is 11.8 Å². The zero-order chi connectivity index (χ0) is 15.6. The van der Waals surface area contributed by atoms with Crippen LogP contribution in [-0.4, -0.2) is 16.0 Å². The highest BCUT2D eigenvalue weighted by Gasteiger charge is 2.13. The summed E-state index contributed by atoms with van der Waals surface area (Å²) in [5.74, 6) is -1.68. The summed E-state index contributed by atoms with van der Waals surface area (Å²) < 4.78 is 13.7. The number of benzene rings is 2. The number of aromatic carboxylic acids is 1. The highest BCUT2D eigenvalue weighted by molar-refractivity contribution is 7.99. The van der Waals surface area contributed by atoms with E-state index in [1.807, 2.05) is 0 Å². The second-order valence-corrected chi connectivity index (χ2v) is 5.34. The van der Waals surface area contributed by atoms with Crippen molar-refractivity contribution in [1.29, 1.82) is 0 Å². The minimum atomic E-state index is -1.14. The molecule has 1 N–H and O–H groups in total. The van der Waals surface area contributed by atoms with Crippen LogP contribution in [0.25, 0.3) is 0 Å². The summed E-state index contributed by atoms with van der Waals surface area (Å²) in [4.78, 5) is 21.8. The van der Waals surface area contributed by atoms with E-state index in [2.05, 4.69) is 0 Å². The fourth-order valence-corrected chi connectivity index (χ4v) is 2.64. The van der Waals surface area contributed by atoms with Gasteiger partial charge in [-0.3, -0.25) is 10.1 Å². The van der Waals surface area contributed by atoms with E-state index in [1.165, 1.54) is 30.3 Å². The normalized spacial score (nSPS) is 10.4. The molecule has 0 fully saturated rings. The van der Waals surface area contributed by atoms with Crippen molar-refractivity contribution in [1.82, 2.24) is 0 Å². The second-order valence-electron chi connectivity index (χ2n) is 4.26. The largest absolute Gasteiger partial charge is 0.478 e. The molecule has 0 aromatic heterocycles. The standard InChI is InChI=1S/C14H10FNO4S/c1-8-6-10(16(19)20)3-5-12(8)21-13-7-9(14(17)18)2-4-11(13)15/h2-7H,1H3,(H,17,18). The average Bonchev–Trinajstić information content (AvgIpc) is 2.42. The van der Waals surface area contributed by atoms with Gasteiger partial charge in [-0.05, 0) is 36.8 Å². The molecule has 0 saturated heterocycles. The first-order valence-corrected chi connectivity index (χ1v) is 6.66. The SMILES string of the molecule is Cc1cc([N+](=O)[O-])ccc1Sc1cc(C(=O)O)ccc1F. The number of hydrogen-bond donors (Lipinski definition) is 1. The van der Waals surface area contributed by atoms with E-state index in [0.717, 1.165) is 17.8 Å².